The second kappa shape index (κ2) is 10.4. The Kier molecular flexibility index (Phi) is 7.63. The number of aromatic nitrogens is 3. The molecule has 1 atom stereocenters. The fourth-order valence-corrected chi connectivity index (χ4v) is 3.85. The van der Waals surface area contributed by atoms with Crippen molar-refractivity contribution in [2.75, 3.05) is 11.1 Å². The van der Waals surface area contributed by atoms with E-state index in [1.54, 1.807) is 6.08 Å². The molecule has 1 N–H and O–H groups in total. The van der Waals surface area contributed by atoms with E-state index in [4.69, 9.17) is 4.74 Å². The Hall–Kier alpha value is -3.20. The molecule has 6 nitrogen and oxygen atoms in total. The molecular weight excluding hydrogens is 434 g/mol. The first-order chi connectivity index (χ1) is 15.3. The van der Waals surface area contributed by atoms with Gasteiger partial charge in [0.2, 0.25) is 5.91 Å². The summed E-state index contributed by atoms with van der Waals surface area (Å²) in [5.74, 6) is -0.675. The lowest BCUT2D eigenvalue weighted by molar-refractivity contribution is -0.113. The molecule has 1 aromatic heterocycles. The number of hydrogen-bond donors (Lipinski definition) is 1. The number of halogens is 2. The van der Waals surface area contributed by atoms with Crippen molar-refractivity contribution in [2.45, 2.75) is 38.6 Å². The van der Waals surface area contributed by atoms with Gasteiger partial charge in [0.1, 0.15) is 17.4 Å². The molecule has 0 aliphatic rings. The van der Waals surface area contributed by atoms with E-state index in [0.717, 1.165) is 34.7 Å². The number of hydrogen-bond acceptors (Lipinski definition) is 5. The van der Waals surface area contributed by atoms with Crippen molar-refractivity contribution in [3.8, 4) is 5.75 Å². The molecular formula is C23H24F2N4O2S. The number of amides is 1. The number of ether oxygens (including phenoxy) is 1. The molecule has 9 heteroatoms. The van der Waals surface area contributed by atoms with Crippen molar-refractivity contribution >= 4 is 23.4 Å². The van der Waals surface area contributed by atoms with Gasteiger partial charge in [0.05, 0.1) is 11.4 Å². The molecule has 1 amide bonds. The van der Waals surface area contributed by atoms with Crippen molar-refractivity contribution in [1.82, 2.24) is 14.8 Å². The maximum atomic E-state index is 13.7. The zero-order valence-corrected chi connectivity index (χ0v) is 18.9. The molecule has 0 saturated heterocycles. The van der Waals surface area contributed by atoms with Gasteiger partial charge < -0.3 is 10.1 Å². The van der Waals surface area contributed by atoms with Gasteiger partial charge >= 0.3 is 0 Å². The second-order valence-electron chi connectivity index (χ2n) is 7.23. The predicted molar refractivity (Wildman–Crippen MR) is 121 cm³/mol. The van der Waals surface area contributed by atoms with Gasteiger partial charge in [-0.15, -0.1) is 16.8 Å². The molecule has 1 unspecified atom stereocenters. The molecule has 0 fully saturated rings. The van der Waals surface area contributed by atoms with Crippen LogP contribution in [0.1, 0.15) is 30.0 Å². The fourth-order valence-electron chi connectivity index (χ4n) is 3.09. The number of anilines is 1. The van der Waals surface area contributed by atoms with E-state index in [-0.39, 0.29) is 17.5 Å². The summed E-state index contributed by atoms with van der Waals surface area (Å²) in [7, 11) is 0. The lowest BCUT2D eigenvalue weighted by Crippen LogP contribution is -2.16. The number of carbonyl (C=O) groups is 1. The van der Waals surface area contributed by atoms with E-state index in [9.17, 15) is 13.6 Å². The molecule has 0 saturated carbocycles. The second-order valence-corrected chi connectivity index (χ2v) is 8.17. The van der Waals surface area contributed by atoms with Gasteiger partial charge in [-0.2, -0.15) is 0 Å². The lowest BCUT2D eigenvalue weighted by Gasteiger charge is -2.17. The summed E-state index contributed by atoms with van der Waals surface area (Å²) < 4.78 is 34.7. The van der Waals surface area contributed by atoms with E-state index in [1.165, 1.54) is 6.07 Å². The van der Waals surface area contributed by atoms with Crippen LogP contribution >= 0.6 is 11.8 Å². The minimum absolute atomic E-state index is 0.0294. The van der Waals surface area contributed by atoms with E-state index < -0.39 is 17.5 Å². The number of rotatable bonds is 9. The Bertz CT molecular complexity index is 1130. The first-order valence-electron chi connectivity index (χ1n) is 9.94. The zero-order chi connectivity index (χ0) is 23.3. The molecule has 1 heterocycles. The molecule has 0 aliphatic heterocycles. The maximum absolute atomic E-state index is 13.7. The summed E-state index contributed by atoms with van der Waals surface area (Å²) in [6, 6.07) is 8.91. The summed E-state index contributed by atoms with van der Waals surface area (Å²) in [5.41, 5.74) is 2.08. The largest absolute Gasteiger partial charge is 0.482 e. The Balaban J connectivity index is 1.69. The molecule has 32 heavy (non-hydrogen) atoms. The van der Waals surface area contributed by atoms with Gasteiger partial charge in [-0.3, -0.25) is 9.36 Å². The third-order valence-corrected chi connectivity index (χ3v) is 5.56. The van der Waals surface area contributed by atoms with Crippen LogP contribution in [-0.2, 0) is 11.3 Å². The monoisotopic (exact) mass is 458 g/mol. The third-order valence-electron chi connectivity index (χ3n) is 4.59. The number of thioether (sulfide) groups is 1. The van der Waals surface area contributed by atoms with Crippen molar-refractivity contribution in [3.05, 3.63) is 77.6 Å². The van der Waals surface area contributed by atoms with Crippen molar-refractivity contribution < 1.29 is 18.3 Å². The number of benzene rings is 2. The first kappa shape index (κ1) is 23.5. The Morgan fingerprint density at radius 3 is 2.72 bits per heavy atom. The van der Waals surface area contributed by atoms with E-state index in [2.05, 4.69) is 22.1 Å². The fraction of sp³-hybridized carbons (Fsp3) is 0.261. The van der Waals surface area contributed by atoms with Crippen LogP contribution in [0.4, 0.5) is 14.5 Å². The van der Waals surface area contributed by atoms with Crippen LogP contribution in [0, 0.1) is 25.5 Å². The Morgan fingerprint density at radius 1 is 1.25 bits per heavy atom. The Morgan fingerprint density at radius 2 is 2.03 bits per heavy atom. The van der Waals surface area contributed by atoms with Crippen molar-refractivity contribution in [3.63, 3.8) is 0 Å². The summed E-state index contributed by atoms with van der Waals surface area (Å²) >= 11 is 1.15. The molecule has 3 rings (SSSR count). The Labute approximate surface area is 189 Å². The summed E-state index contributed by atoms with van der Waals surface area (Å²) in [5, 5.41) is 11.4. The highest BCUT2D eigenvalue weighted by molar-refractivity contribution is 7.99. The molecule has 0 bridgehead atoms. The number of aryl methyl sites for hydroxylation is 2. The van der Waals surface area contributed by atoms with Crippen LogP contribution < -0.4 is 10.1 Å². The number of allylic oxidation sites excluding steroid dienone is 1. The van der Waals surface area contributed by atoms with Gasteiger partial charge in [0, 0.05) is 12.6 Å². The van der Waals surface area contributed by atoms with E-state index >= 15 is 0 Å². The SMILES string of the molecule is C=CCn1c(SCC(=O)Nc2ccc(F)cc2F)nnc1C(C)Oc1ccc(C)cc1C. The van der Waals surface area contributed by atoms with Crippen LogP contribution in [0.2, 0.25) is 0 Å². The molecule has 0 radical (unpaired) electrons. The van der Waals surface area contributed by atoms with Crippen LogP contribution in [0.3, 0.4) is 0 Å². The standard InChI is InChI=1S/C23H24F2N4O2S/c1-5-10-29-22(16(4)31-20-9-6-14(2)11-15(20)3)27-28-23(29)32-13-21(30)26-19-8-7-17(24)12-18(19)25/h5-9,11-12,16H,1,10,13H2,2-4H3,(H,26,30). The highest BCUT2D eigenvalue weighted by atomic mass is 32.2. The van der Waals surface area contributed by atoms with E-state index in [1.807, 2.05) is 43.5 Å². The first-order valence-corrected chi connectivity index (χ1v) is 10.9. The third kappa shape index (κ3) is 5.73. The van der Waals surface area contributed by atoms with Gasteiger partial charge in [0.15, 0.2) is 17.1 Å². The molecule has 3 aromatic rings. The van der Waals surface area contributed by atoms with Gasteiger partial charge in [0.25, 0.3) is 0 Å². The van der Waals surface area contributed by atoms with Crippen LogP contribution in [0.15, 0.2) is 54.2 Å². The average Bonchev–Trinajstić information content (AvgIpc) is 3.13. The van der Waals surface area contributed by atoms with Crippen LogP contribution in [-0.4, -0.2) is 26.4 Å². The molecule has 168 valence electrons. The van der Waals surface area contributed by atoms with Gasteiger partial charge in [-0.1, -0.05) is 35.5 Å². The smallest absolute Gasteiger partial charge is 0.234 e. The summed E-state index contributed by atoms with van der Waals surface area (Å²) in [6.45, 7) is 10.1. The van der Waals surface area contributed by atoms with Crippen LogP contribution in [0.25, 0.3) is 0 Å². The normalized spacial score (nSPS) is 11.8. The predicted octanol–water partition coefficient (Wildman–Crippen LogP) is 5.23. The van der Waals surface area contributed by atoms with Gasteiger partial charge in [-0.05, 0) is 44.5 Å². The summed E-state index contributed by atoms with van der Waals surface area (Å²) in [4.78, 5) is 12.2. The van der Waals surface area contributed by atoms with Gasteiger partial charge in [-0.25, -0.2) is 8.78 Å². The minimum atomic E-state index is -0.835. The van der Waals surface area contributed by atoms with Crippen LogP contribution in [0.5, 0.6) is 5.75 Å². The zero-order valence-electron chi connectivity index (χ0n) is 18.1. The highest BCUT2D eigenvalue weighted by Gasteiger charge is 2.20. The topological polar surface area (TPSA) is 69.0 Å². The molecule has 0 aliphatic carbocycles. The number of nitrogens with zero attached hydrogens (tertiary/aromatic N) is 3. The maximum Gasteiger partial charge on any atom is 0.234 e. The molecule has 2 aromatic carbocycles. The number of carbonyl (C=O) groups excluding carboxylic acids is 1. The summed E-state index contributed by atoms with van der Waals surface area (Å²) in [6.07, 6.45) is 1.31. The highest BCUT2D eigenvalue weighted by Crippen LogP contribution is 2.27. The lowest BCUT2D eigenvalue weighted by atomic mass is 10.1. The molecule has 0 spiro atoms. The van der Waals surface area contributed by atoms with E-state index in [0.29, 0.717) is 23.6 Å². The number of nitrogens with one attached hydrogen (secondary N) is 1. The average molecular weight is 459 g/mol. The van der Waals surface area contributed by atoms with Crippen molar-refractivity contribution in [2.24, 2.45) is 0 Å². The quantitative estimate of drug-likeness (QED) is 0.351. The minimum Gasteiger partial charge on any atom is -0.482 e. The van der Waals surface area contributed by atoms with Crippen molar-refractivity contribution in [1.29, 1.82) is 0 Å².